The van der Waals surface area contributed by atoms with Crippen molar-refractivity contribution in [2.24, 2.45) is 29.1 Å². The highest BCUT2D eigenvalue weighted by atomic mass is 16.6. The van der Waals surface area contributed by atoms with E-state index in [1.165, 1.54) is 38.5 Å². The lowest BCUT2D eigenvalue weighted by atomic mass is 9.46. The minimum Gasteiger partial charge on any atom is -0.435 e. The summed E-state index contributed by atoms with van der Waals surface area (Å²) in [5.41, 5.74) is 1.15. The number of hydrogen-bond acceptors (Lipinski definition) is 3. The lowest BCUT2D eigenvalue weighted by molar-refractivity contribution is -0.797. The lowest BCUT2D eigenvalue weighted by Crippen LogP contribution is -2.59. The monoisotopic (exact) mass is 398 g/mol. The summed E-state index contributed by atoms with van der Waals surface area (Å²) >= 11 is 0. The molecule has 156 valence electrons. The van der Waals surface area contributed by atoms with Gasteiger partial charge >= 0.3 is 12.2 Å². The molecule has 1 N–H and O–H groups in total. The first kappa shape index (κ1) is 19.1. The molecule has 0 radical (unpaired) electrons. The highest BCUT2D eigenvalue weighted by Gasteiger charge is 2.64. The van der Waals surface area contributed by atoms with Crippen LogP contribution < -0.4 is 0 Å². The van der Waals surface area contributed by atoms with Gasteiger partial charge in [-0.25, -0.2) is 0 Å². The summed E-state index contributed by atoms with van der Waals surface area (Å²) in [7, 11) is 0. The van der Waals surface area contributed by atoms with Gasteiger partial charge in [0, 0.05) is 12.3 Å². The van der Waals surface area contributed by atoms with Crippen molar-refractivity contribution in [3.8, 4) is 0 Å². The van der Waals surface area contributed by atoms with Crippen LogP contribution in [0, 0.1) is 29.1 Å². The van der Waals surface area contributed by atoms with Crippen LogP contribution in [0.15, 0.2) is 30.3 Å². The number of quaternary nitrogens is 1. The number of rotatable bonds is 3. The maximum absolute atomic E-state index is 13.1. The third-order valence-corrected chi connectivity index (χ3v) is 8.71. The van der Waals surface area contributed by atoms with Gasteiger partial charge in [0.1, 0.15) is 19.2 Å². The third-order valence-electron chi connectivity index (χ3n) is 8.71. The second kappa shape index (κ2) is 6.83. The third kappa shape index (κ3) is 3.00. The molecule has 5 fully saturated rings. The van der Waals surface area contributed by atoms with Crippen molar-refractivity contribution in [1.82, 2.24) is 0 Å². The standard InChI is InChI=1S/C24H31NO4/c1-16-7-21(24-11-18-8-19(12-24)10-20(9-18)13-24)14-25(16,22(26)27)23(28)29-15-17-5-3-2-4-6-17/h2-6,16,18-21H,7-15H2,1H3/p+1/t16-,18?,19?,20?,21-,24?,25+/m1/s1. The lowest BCUT2D eigenvalue weighted by Gasteiger charge is -2.58. The van der Waals surface area contributed by atoms with E-state index in [0.29, 0.717) is 12.5 Å². The summed E-state index contributed by atoms with van der Waals surface area (Å²) in [5.74, 6) is 2.79. The summed E-state index contributed by atoms with van der Waals surface area (Å²) in [4.78, 5) is 25.6. The Bertz CT molecular complexity index is 771. The maximum Gasteiger partial charge on any atom is 0.527 e. The van der Waals surface area contributed by atoms with Crippen LogP contribution in [-0.4, -0.2) is 34.4 Å². The average molecular weight is 399 g/mol. The van der Waals surface area contributed by atoms with E-state index in [-0.39, 0.29) is 18.1 Å². The van der Waals surface area contributed by atoms with Crippen LogP contribution in [0.1, 0.15) is 57.4 Å². The fourth-order valence-electron chi connectivity index (χ4n) is 7.75. The quantitative estimate of drug-likeness (QED) is 0.688. The zero-order chi connectivity index (χ0) is 20.2. The summed E-state index contributed by atoms with van der Waals surface area (Å²) in [6.07, 6.45) is 7.03. The van der Waals surface area contributed by atoms with Crippen molar-refractivity contribution in [2.45, 2.75) is 64.5 Å². The molecule has 29 heavy (non-hydrogen) atoms. The Labute approximate surface area is 172 Å². The van der Waals surface area contributed by atoms with Gasteiger partial charge in [-0.05, 0) is 74.2 Å². The summed E-state index contributed by atoms with van der Waals surface area (Å²) in [6, 6.07) is 9.25. The predicted molar refractivity (Wildman–Crippen MR) is 108 cm³/mol. The number of carbonyl (C=O) groups is 2. The molecule has 1 saturated heterocycles. The van der Waals surface area contributed by atoms with E-state index in [2.05, 4.69) is 0 Å². The number of carboxylic acid groups (broad SMARTS) is 1. The van der Waals surface area contributed by atoms with E-state index in [1.807, 2.05) is 37.3 Å². The number of carbonyl (C=O) groups excluding carboxylic acids is 1. The predicted octanol–water partition coefficient (Wildman–Crippen LogP) is 5.44. The van der Waals surface area contributed by atoms with Gasteiger partial charge in [-0.15, -0.1) is 4.48 Å². The minimum atomic E-state index is -1.05. The molecule has 0 unspecified atom stereocenters. The normalized spacial score (nSPS) is 42.7. The van der Waals surface area contributed by atoms with E-state index < -0.39 is 16.7 Å². The molecule has 5 nitrogen and oxygen atoms in total. The second-order valence-corrected chi connectivity index (χ2v) is 10.4. The second-order valence-electron chi connectivity index (χ2n) is 10.4. The summed E-state index contributed by atoms with van der Waals surface area (Å²) in [5, 5.41) is 10.2. The van der Waals surface area contributed by atoms with Crippen molar-refractivity contribution in [2.75, 3.05) is 6.54 Å². The zero-order valence-corrected chi connectivity index (χ0v) is 17.3. The van der Waals surface area contributed by atoms with E-state index in [4.69, 9.17) is 4.74 Å². The van der Waals surface area contributed by atoms with Crippen LogP contribution in [0.3, 0.4) is 0 Å². The van der Waals surface area contributed by atoms with Crippen molar-refractivity contribution < 1.29 is 23.9 Å². The largest absolute Gasteiger partial charge is 0.527 e. The van der Waals surface area contributed by atoms with E-state index in [1.54, 1.807) is 0 Å². The number of amides is 2. The SMILES string of the molecule is C[C@@H]1C[C@@H](C23CC4CC(CC(C4)C2)C3)C[N@+]1(C(=O)O)C(=O)OCc1ccccc1. The number of nitrogens with zero attached hydrogens (tertiary/aromatic N) is 1. The van der Waals surface area contributed by atoms with Gasteiger partial charge in [0.2, 0.25) is 0 Å². The molecule has 1 aromatic carbocycles. The Balaban J connectivity index is 1.36. The molecular weight excluding hydrogens is 366 g/mol. The van der Waals surface area contributed by atoms with Gasteiger partial charge in [-0.1, -0.05) is 30.3 Å². The molecule has 0 spiro atoms. The Morgan fingerprint density at radius 2 is 1.62 bits per heavy atom. The molecule has 5 heteroatoms. The molecule has 4 aliphatic carbocycles. The van der Waals surface area contributed by atoms with Crippen LogP contribution in [0.4, 0.5) is 9.59 Å². The fourth-order valence-corrected chi connectivity index (χ4v) is 7.75. The van der Waals surface area contributed by atoms with Gasteiger partial charge < -0.3 is 9.84 Å². The van der Waals surface area contributed by atoms with Gasteiger partial charge in [0.25, 0.3) is 0 Å². The van der Waals surface area contributed by atoms with Crippen molar-refractivity contribution in [1.29, 1.82) is 0 Å². The van der Waals surface area contributed by atoms with Gasteiger partial charge in [0.05, 0.1) is 0 Å². The zero-order valence-electron chi connectivity index (χ0n) is 17.3. The molecule has 1 aromatic rings. The smallest absolute Gasteiger partial charge is 0.435 e. The first-order valence-electron chi connectivity index (χ1n) is 11.2. The van der Waals surface area contributed by atoms with Crippen LogP contribution in [0.25, 0.3) is 0 Å². The first-order chi connectivity index (χ1) is 13.9. The molecule has 3 atom stereocenters. The minimum absolute atomic E-state index is 0.127. The van der Waals surface area contributed by atoms with Gasteiger partial charge in [-0.3, -0.25) is 0 Å². The summed E-state index contributed by atoms with van der Waals surface area (Å²) < 4.78 is 5.01. The topological polar surface area (TPSA) is 63.6 Å². The van der Waals surface area contributed by atoms with E-state index in [0.717, 1.165) is 29.7 Å². The number of ether oxygens (including phenoxy) is 1. The first-order valence-corrected chi connectivity index (χ1v) is 11.2. The van der Waals surface area contributed by atoms with Crippen molar-refractivity contribution in [3.63, 3.8) is 0 Å². The highest BCUT2D eigenvalue weighted by Crippen LogP contribution is 2.64. The summed E-state index contributed by atoms with van der Waals surface area (Å²) in [6.45, 7) is 2.45. The molecule has 2 amide bonds. The molecule has 1 heterocycles. The fraction of sp³-hybridized carbons (Fsp3) is 0.667. The highest BCUT2D eigenvalue weighted by molar-refractivity contribution is 5.75. The number of hydrogen-bond donors (Lipinski definition) is 1. The molecule has 4 bridgehead atoms. The van der Waals surface area contributed by atoms with Crippen molar-refractivity contribution >= 4 is 12.2 Å². The molecule has 5 aliphatic rings. The number of imide groups is 1. The molecular formula is C24H32NO4+. The Hall–Kier alpha value is -1.88. The van der Waals surface area contributed by atoms with Gasteiger partial charge in [-0.2, -0.15) is 9.59 Å². The van der Waals surface area contributed by atoms with Gasteiger partial charge in [0.15, 0.2) is 0 Å². The molecule has 4 saturated carbocycles. The van der Waals surface area contributed by atoms with Crippen LogP contribution in [-0.2, 0) is 11.3 Å². The Kier molecular flexibility index (Phi) is 4.50. The van der Waals surface area contributed by atoms with Crippen LogP contribution in [0.5, 0.6) is 0 Å². The number of likely N-dealkylation sites (tertiary alicyclic amines) is 1. The Morgan fingerprint density at radius 3 is 2.17 bits per heavy atom. The molecule has 1 aliphatic heterocycles. The van der Waals surface area contributed by atoms with E-state index in [9.17, 15) is 14.7 Å². The Morgan fingerprint density at radius 1 is 1.03 bits per heavy atom. The molecule has 0 aromatic heterocycles. The molecule has 6 rings (SSSR count). The number of benzene rings is 1. The maximum atomic E-state index is 13.1. The van der Waals surface area contributed by atoms with Crippen LogP contribution >= 0.6 is 0 Å². The van der Waals surface area contributed by atoms with Crippen molar-refractivity contribution in [3.05, 3.63) is 35.9 Å². The average Bonchev–Trinajstić information content (AvgIpc) is 3.05. The van der Waals surface area contributed by atoms with E-state index >= 15 is 0 Å². The van der Waals surface area contributed by atoms with Crippen LogP contribution in [0.2, 0.25) is 0 Å².